The molecule has 7 nitrogen and oxygen atoms in total. The van der Waals surface area contributed by atoms with Gasteiger partial charge >= 0.3 is 5.97 Å². The highest BCUT2D eigenvalue weighted by atomic mass is 19.1. The lowest BCUT2D eigenvalue weighted by atomic mass is 9.80. The average Bonchev–Trinajstić information content (AvgIpc) is 3.35. The molecule has 0 unspecified atom stereocenters. The van der Waals surface area contributed by atoms with Crippen molar-refractivity contribution in [2.24, 2.45) is 0 Å². The summed E-state index contributed by atoms with van der Waals surface area (Å²) in [4.78, 5) is 21.2. The second kappa shape index (κ2) is 13.5. The van der Waals surface area contributed by atoms with Gasteiger partial charge in [0.05, 0.1) is 11.3 Å². The molecular weight excluding hydrogens is 555 g/mol. The topological polar surface area (TPSA) is 70.8 Å². The normalized spacial score (nSPS) is 18.9. The summed E-state index contributed by atoms with van der Waals surface area (Å²) in [6.07, 6.45) is 5.92. The van der Waals surface area contributed by atoms with E-state index in [1.165, 1.54) is 0 Å². The monoisotopic (exact) mass is 598 g/mol. The van der Waals surface area contributed by atoms with Gasteiger partial charge in [-0.15, -0.1) is 0 Å². The first-order chi connectivity index (χ1) is 21.5. The number of likely N-dealkylation sites (N-methyl/N-ethyl adjacent to an activating group) is 1. The summed E-state index contributed by atoms with van der Waals surface area (Å²) in [5, 5.41) is 10.8. The number of rotatable bonds is 10. The number of aromatic nitrogens is 2. The second-order valence-corrected chi connectivity index (χ2v) is 12.1. The lowest BCUT2D eigenvalue weighted by Gasteiger charge is -2.32. The van der Waals surface area contributed by atoms with Gasteiger partial charge in [-0.1, -0.05) is 38.8 Å². The molecule has 2 aromatic carbocycles. The summed E-state index contributed by atoms with van der Waals surface area (Å²) in [7, 11) is 0. The third kappa shape index (κ3) is 6.24. The van der Waals surface area contributed by atoms with Crippen LogP contribution in [-0.2, 0) is 19.7 Å². The van der Waals surface area contributed by atoms with Crippen LogP contribution < -0.4 is 4.74 Å². The van der Waals surface area contributed by atoms with Crippen molar-refractivity contribution >= 4 is 16.9 Å². The van der Waals surface area contributed by atoms with Crippen molar-refractivity contribution < 1.29 is 19.0 Å². The molecule has 1 saturated carbocycles. The molecule has 8 heteroatoms. The SMILES string of the molecule is CCN(CC)CCN1CCn2c(c([C@H]3CCCC[C@@H]3F)c3ccc(C(=O)O)cc32)-c2ccc(OCc3cccnc3)cc2C1. The Morgan fingerprint density at radius 1 is 1.09 bits per heavy atom. The molecule has 2 aromatic heterocycles. The van der Waals surface area contributed by atoms with Gasteiger partial charge in [-0.25, -0.2) is 9.18 Å². The largest absolute Gasteiger partial charge is 0.489 e. The number of carboxylic acids is 1. The lowest BCUT2D eigenvalue weighted by molar-refractivity contribution is 0.0697. The molecule has 0 amide bonds. The second-order valence-electron chi connectivity index (χ2n) is 12.1. The van der Waals surface area contributed by atoms with Crippen molar-refractivity contribution in [3.05, 3.63) is 83.2 Å². The van der Waals surface area contributed by atoms with Crippen molar-refractivity contribution in [1.29, 1.82) is 0 Å². The molecule has 6 rings (SSSR count). The van der Waals surface area contributed by atoms with Crippen LogP contribution >= 0.6 is 0 Å². The van der Waals surface area contributed by atoms with E-state index in [9.17, 15) is 9.90 Å². The molecule has 1 aliphatic heterocycles. The maximum absolute atomic E-state index is 15.8. The van der Waals surface area contributed by atoms with E-state index in [0.29, 0.717) is 19.6 Å². The van der Waals surface area contributed by atoms with Crippen LogP contribution in [0.15, 0.2) is 60.9 Å². The van der Waals surface area contributed by atoms with Crippen LogP contribution in [-0.4, -0.2) is 69.3 Å². The molecule has 0 saturated heterocycles. The van der Waals surface area contributed by atoms with Crippen molar-refractivity contribution in [3.8, 4) is 17.0 Å². The van der Waals surface area contributed by atoms with Crippen molar-refractivity contribution in [1.82, 2.24) is 19.4 Å². The Labute approximate surface area is 259 Å². The highest BCUT2D eigenvalue weighted by Crippen LogP contribution is 2.47. The molecule has 1 N–H and O–H groups in total. The molecular formula is C36H43FN4O3. The predicted molar refractivity (Wildman–Crippen MR) is 172 cm³/mol. The minimum Gasteiger partial charge on any atom is -0.489 e. The van der Waals surface area contributed by atoms with E-state index in [-0.39, 0.29) is 11.5 Å². The van der Waals surface area contributed by atoms with Crippen molar-refractivity contribution in [2.45, 2.75) is 71.3 Å². The van der Waals surface area contributed by atoms with Crippen molar-refractivity contribution in [3.63, 3.8) is 0 Å². The Morgan fingerprint density at radius 3 is 2.68 bits per heavy atom. The van der Waals surface area contributed by atoms with E-state index in [2.05, 4.69) is 45.3 Å². The molecule has 44 heavy (non-hydrogen) atoms. The fourth-order valence-electron chi connectivity index (χ4n) is 7.06. The van der Waals surface area contributed by atoms with Crippen LogP contribution in [0, 0.1) is 0 Å². The molecule has 3 heterocycles. The quantitative estimate of drug-likeness (QED) is 0.209. The Bertz CT molecular complexity index is 1600. The molecule has 1 aliphatic carbocycles. The maximum atomic E-state index is 15.8. The smallest absolute Gasteiger partial charge is 0.335 e. The van der Waals surface area contributed by atoms with Crippen LogP contribution in [0.4, 0.5) is 4.39 Å². The number of hydrogen-bond acceptors (Lipinski definition) is 5. The first kappa shape index (κ1) is 30.3. The summed E-state index contributed by atoms with van der Waals surface area (Å²) < 4.78 is 24.3. The summed E-state index contributed by atoms with van der Waals surface area (Å²) in [5.41, 5.74) is 6.42. The van der Waals surface area contributed by atoms with Crippen molar-refractivity contribution in [2.75, 3.05) is 32.7 Å². The Hall–Kier alpha value is -3.75. The van der Waals surface area contributed by atoms with Gasteiger partial charge in [0.15, 0.2) is 0 Å². The Morgan fingerprint density at radius 2 is 1.93 bits per heavy atom. The summed E-state index contributed by atoms with van der Waals surface area (Å²) in [5.74, 6) is -0.381. The van der Waals surface area contributed by atoms with Gasteiger partial charge in [0.1, 0.15) is 18.5 Å². The Kier molecular flexibility index (Phi) is 9.28. The van der Waals surface area contributed by atoms with E-state index in [1.807, 2.05) is 30.5 Å². The standard InChI is InChI=1S/C36H43FN4O3/c1-3-39(4-2)16-17-40-18-19-41-33-21-26(36(42)43)11-13-31(33)34(30-9-5-6-10-32(30)37)35(41)29-14-12-28(20-27(29)23-40)44-24-25-8-7-15-38-22-25/h7-8,11-15,20-22,30,32H,3-6,9-10,16-19,23-24H2,1-2H3,(H,42,43)/t30-,32-/m0/s1. The number of alkyl halides is 1. The van der Waals surface area contributed by atoms with Crippen LogP contribution in [0.25, 0.3) is 22.2 Å². The zero-order chi connectivity index (χ0) is 30.6. The van der Waals surface area contributed by atoms with Gasteiger partial charge in [0, 0.05) is 73.1 Å². The number of halogens is 1. The van der Waals surface area contributed by atoms with E-state index >= 15 is 4.39 Å². The first-order valence-corrected chi connectivity index (χ1v) is 16.1. The third-order valence-corrected chi connectivity index (χ3v) is 9.52. The molecule has 4 aromatic rings. The molecule has 0 bridgehead atoms. The van der Waals surface area contributed by atoms with Gasteiger partial charge in [-0.3, -0.25) is 9.88 Å². The number of pyridine rings is 1. The minimum absolute atomic E-state index is 0.217. The first-order valence-electron chi connectivity index (χ1n) is 16.1. The maximum Gasteiger partial charge on any atom is 0.335 e. The van der Waals surface area contributed by atoms with Crippen LogP contribution in [0.2, 0.25) is 0 Å². The zero-order valence-electron chi connectivity index (χ0n) is 25.8. The third-order valence-electron chi connectivity index (χ3n) is 9.52. The number of hydrogen-bond donors (Lipinski definition) is 1. The van der Waals surface area contributed by atoms with Gasteiger partial charge in [-0.05, 0) is 73.5 Å². The molecule has 2 aliphatic rings. The number of aromatic carboxylic acids is 1. The van der Waals surface area contributed by atoms with E-state index < -0.39 is 12.1 Å². The van der Waals surface area contributed by atoms with E-state index in [4.69, 9.17) is 4.74 Å². The lowest BCUT2D eigenvalue weighted by Crippen LogP contribution is -2.37. The Balaban J connectivity index is 1.48. The van der Waals surface area contributed by atoms with Gasteiger partial charge < -0.3 is 19.3 Å². The number of benzene rings is 2. The number of ether oxygens (including phenoxy) is 1. The van der Waals surface area contributed by atoms with Gasteiger partial charge in [0.25, 0.3) is 0 Å². The molecule has 0 spiro atoms. The van der Waals surface area contributed by atoms with Gasteiger partial charge in [0.2, 0.25) is 0 Å². The number of fused-ring (bicyclic) bond motifs is 5. The number of nitrogens with zero attached hydrogens (tertiary/aromatic N) is 4. The molecule has 2 atom stereocenters. The predicted octanol–water partition coefficient (Wildman–Crippen LogP) is 7.13. The van der Waals surface area contributed by atoms with E-state index in [1.54, 1.807) is 18.3 Å². The van der Waals surface area contributed by atoms with Crippen LogP contribution in [0.1, 0.15) is 72.5 Å². The van der Waals surface area contributed by atoms with Crippen LogP contribution in [0.5, 0.6) is 5.75 Å². The number of carboxylic acid groups (broad SMARTS) is 1. The van der Waals surface area contributed by atoms with E-state index in [0.717, 1.165) is 103 Å². The highest BCUT2D eigenvalue weighted by Gasteiger charge is 2.34. The number of carbonyl (C=O) groups is 1. The molecule has 0 radical (unpaired) electrons. The van der Waals surface area contributed by atoms with Gasteiger partial charge in [-0.2, -0.15) is 0 Å². The summed E-state index contributed by atoms with van der Waals surface area (Å²) >= 11 is 0. The fourth-order valence-corrected chi connectivity index (χ4v) is 7.06. The zero-order valence-corrected chi connectivity index (χ0v) is 25.8. The average molecular weight is 599 g/mol. The minimum atomic E-state index is -0.951. The highest BCUT2D eigenvalue weighted by molar-refractivity contribution is 5.98. The summed E-state index contributed by atoms with van der Waals surface area (Å²) in [6, 6.07) is 15.6. The van der Waals surface area contributed by atoms with Crippen LogP contribution in [0.3, 0.4) is 0 Å². The molecule has 1 fully saturated rings. The fraction of sp³-hybridized carbons (Fsp3) is 0.444. The summed E-state index contributed by atoms with van der Waals surface area (Å²) in [6.45, 7) is 11.0. The molecule has 232 valence electrons.